The third-order valence-electron chi connectivity index (χ3n) is 6.71. The molecule has 2 aromatic rings. The van der Waals surface area contributed by atoms with Crippen molar-refractivity contribution in [3.63, 3.8) is 0 Å². The van der Waals surface area contributed by atoms with Crippen LogP contribution < -0.4 is 0 Å². The number of ether oxygens (including phenoxy) is 2. The monoisotopic (exact) mass is 422 g/mol. The maximum Gasteiger partial charge on any atom is 0.308 e. The quantitative estimate of drug-likeness (QED) is 0.690. The van der Waals surface area contributed by atoms with Crippen LogP contribution in [0.2, 0.25) is 0 Å². The lowest BCUT2D eigenvalue weighted by Crippen LogP contribution is -2.51. The fourth-order valence-corrected chi connectivity index (χ4v) is 4.79. The van der Waals surface area contributed by atoms with Crippen molar-refractivity contribution in [2.75, 3.05) is 33.4 Å². The van der Waals surface area contributed by atoms with Gasteiger partial charge in [0, 0.05) is 38.7 Å². The predicted octanol–water partition coefficient (Wildman–Crippen LogP) is 3.50. The number of methoxy groups -OCH3 is 1. The zero-order valence-electron chi connectivity index (χ0n) is 18.1. The number of carbonyl (C=O) groups is 2. The molecule has 4 rings (SSSR count). The Morgan fingerprint density at radius 3 is 2.42 bits per heavy atom. The number of carbonyl (C=O) groups excluding carboxylic acids is 2. The first-order valence-electron chi connectivity index (χ1n) is 11.1. The van der Waals surface area contributed by atoms with E-state index >= 15 is 0 Å². The van der Waals surface area contributed by atoms with Crippen LogP contribution in [0.4, 0.5) is 0 Å². The molecule has 164 valence electrons. The Morgan fingerprint density at radius 2 is 1.81 bits per heavy atom. The summed E-state index contributed by atoms with van der Waals surface area (Å²) in [5.41, 5.74) is 2.92. The third kappa shape index (κ3) is 4.79. The number of benzene rings is 1. The molecule has 0 bridgehead atoms. The normalized spacial score (nSPS) is 19.1. The molecule has 0 atom stereocenters. The number of hydrogen-bond donors (Lipinski definition) is 0. The maximum atomic E-state index is 13.7. The standard InChI is InChI=1S/C25H30N2O4/c1-30-23(28)21-8-13-27(14-9-21)24(29)25(10-15-31-16-11-25)17-19-4-6-20(7-5-19)22-3-2-12-26-18-22/h2-7,12,18,21H,8-11,13-17H2,1H3. The predicted molar refractivity (Wildman–Crippen MR) is 117 cm³/mol. The topological polar surface area (TPSA) is 68.7 Å². The van der Waals surface area contributed by atoms with Crippen molar-refractivity contribution in [1.82, 2.24) is 9.88 Å². The average molecular weight is 423 g/mol. The second-order valence-electron chi connectivity index (χ2n) is 8.60. The summed E-state index contributed by atoms with van der Waals surface area (Å²) in [4.78, 5) is 31.6. The Hall–Kier alpha value is -2.73. The van der Waals surface area contributed by atoms with Gasteiger partial charge in [-0.3, -0.25) is 14.6 Å². The van der Waals surface area contributed by atoms with Crippen molar-refractivity contribution in [2.24, 2.45) is 11.3 Å². The first kappa shape index (κ1) is 21.5. The molecule has 1 aromatic carbocycles. The summed E-state index contributed by atoms with van der Waals surface area (Å²) < 4.78 is 10.5. The van der Waals surface area contributed by atoms with Crippen molar-refractivity contribution in [3.05, 3.63) is 54.4 Å². The van der Waals surface area contributed by atoms with E-state index in [2.05, 4.69) is 29.2 Å². The van der Waals surface area contributed by atoms with Gasteiger partial charge in [0.25, 0.3) is 0 Å². The zero-order chi connectivity index (χ0) is 21.7. The van der Waals surface area contributed by atoms with Crippen LogP contribution in [0.1, 0.15) is 31.2 Å². The molecule has 2 aliphatic heterocycles. The highest BCUT2D eigenvalue weighted by atomic mass is 16.5. The molecular formula is C25H30N2O4. The molecule has 0 saturated carbocycles. The van der Waals surface area contributed by atoms with Crippen LogP contribution in [-0.4, -0.2) is 55.2 Å². The number of nitrogens with zero attached hydrogens (tertiary/aromatic N) is 2. The van der Waals surface area contributed by atoms with Crippen molar-refractivity contribution < 1.29 is 19.1 Å². The van der Waals surface area contributed by atoms with E-state index < -0.39 is 5.41 Å². The van der Waals surface area contributed by atoms with Gasteiger partial charge in [-0.25, -0.2) is 0 Å². The third-order valence-corrected chi connectivity index (χ3v) is 6.71. The van der Waals surface area contributed by atoms with Gasteiger partial charge < -0.3 is 14.4 Å². The van der Waals surface area contributed by atoms with E-state index in [-0.39, 0.29) is 17.8 Å². The fraction of sp³-hybridized carbons (Fsp3) is 0.480. The largest absolute Gasteiger partial charge is 0.469 e. The number of amides is 1. The molecule has 0 radical (unpaired) electrons. The molecule has 3 heterocycles. The molecule has 0 N–H and O–H groups in total. The van der Waals surface area contributed by atoms with E-state index in [1.165, 1.54) is 7.11 Å². The van der Waals surface area contributed by atoms with Crippen LogP contribution in [0, 0.1) is 11.3 Å². The summed E-state index contributed by atoms with van der Waals surface area (Å²) in [5, 5.41) is 0. The summed E-state index contributed by atoms with van der Waals surface area (Å²) in [6.45, 7) is 2.44. The molecule has 0 spiro atoms. The molecule has 31 heavy (non-hydrogen) atoms. The van der Waals surface area contributed by atoms with Crippen LogP contribution in [0.15, 0.2) is 48.8 Å². The smallest absolute Gasteiger partial charge is 0.308 e. The van der Waals surface area contributed by atoms with Gasteiger partial charge in [0.2, 0.25) is 5.91 Å². The van der Waals surface area contributed by atoms with Gasteiger partial charge in [-0.2, -0.15) is 0 Å². The van der Waals surface area contributed by atoms with Gasteiger partial charge in [0.15, 0.2) is 0 Å². The minimum atomic E-state index is -0.438. The summed E-state index contributed by atoms with van der Waals surface area (Å²) in [7, 11) is 1.43. The zero-order valence-corrected chi connectivity index (χ0v) is 18.1. The lowest BCUT2D eigenvalue weighted by Gasteiger charge is -2.42. The molecule has 1 amide bonds. The number of likely N-dealkylation sites (tertiary alicyclic amines) is 1. The summed E-state index contributed by atoms with van der Waals surface area (Å²) >= 11 is 0. The van der Waals surface area contributed by atoms with Gasteiger partial charge in [0.05, 0.1) is 18.4 Å². The lowest BCUT2D eigenvalue weighted by molar-refractivity contribution is -0.154. The van der Waals surface area contributed by atoms with Gasteiger partial charge in [-0.1, -0.05) is 30.3 Å². The number of piperidine rings is 1. The van der Waals surface area contributed by atoms with E-state index in [0.29, 0.717) is 45.6 Å². The fourth-order valence-electron chi connectivity index (χ4n) is 4.79. The van der Waals surface area contributed by atoms with Crippen molar-refractivity contribution in [2.45, 2.75) is 32.1 Å². The van der Waals surface area contributed by atoms with Crippen LogP contribution >= 0.6 is 0 Å². The van der Waals surface area contributed by atoms with Crippen LogP contribution in [0.5, 0.6) is 0 Å². The van der Waals surface area contributed by atoms with Crippen molar-refractivity contribution in [3.8, 4) is 11.1 Å². The Labute approximate surface area is 183 Å². The first-order valence-corrected chi connectivity index (χ1v) is 11.1. The van der Waals surface area contributed by atoms with E-state index in [1.54, 1.807) is 6.20 Å². The van der Waals surface area contributed by atoms with E-state index in [4.69, 9.17) is 9.47 Å². The van der Waals surface area contributed by atoms with Crippen molar-refractivity contribution in [1.29, 1.82) is 0 Å². The molecular weight excluding hydrogens is 392 g/mol. The number of esters is 1. The summed E-state index contributed by atoms with van der Waals surface area (Å²) in [5.74, 6) is -0.0586. The minimum Gasteiger partial charge on any atom is -0.469 e. The molecule has 0 unspecified atom stereocenters. The van der Waals surface area contributed by atoms with Gasteiger partial charge >= 0.3 is 5.97 Å². The van der Waals surface area contributed by atoms with Gasteiger partial charge in [-0.05, 0) is 54.9 Å². The highest BCUT2D eigenvalue weighted by Crippen LogP contribution is 2.38. The number of aromatic nitrogens is 1. The van der Waals surface area contributed by atoms with E-state index in [9.17, 15) is 9.59 Å². The Bertz CT molecular complexity index is 883. The molecule has 0 aliphatic carbocycles. The molecule has 1 aromatic heterocycles. The van der Waals surface area contributed by atoms with Gasteiger partial charge in [-0.15, -0.1) is 0 Å². The second-order valence-corrected chi connectivity index (χ2v) is 8.60. The molecule has 2 aliphatic rings. The Morgan fingerprint density at radius 1 is 1.10 bits per heavy atom. The van der Waals surface area contributed by atoms with Gasteiger partial charge in [0.1, 0.15) is 0 Å². The molecule has 6 heteroatoms. The van der Waals surface area contributed by atoms with E-state index in [1.807, 2.05) is 23.2 Å². The summed E-state index contributed by atoms with van der Waals surface area (Å²) in [6, 6.07) is 12.4. The van der Waals surface area contributed by atoms with Crippen molar-refractivity contribution >= 4 is 11.9 Å². The first-order chi connectivity index (χ1) is 15.1. The molecule has 2 fully saturated rings. The number of hydrogen-bond acceptors (Lipinski definition) is 5. The minimum absolute atomic E-state index is 0.0975. The van der Waals surface area contributed by atoms with Crippen LogP contribution in [-0.2, 0) is 25.5 Å². The Kier molecular flexibility index (Phi) is 6.66. The Balaban J connectivity index is 1.48. The molecule has 6 nitrogen and oxygen atoms in total. The second kappa shape index (κ2) is 9.60. The maximum absolute atomic E-state index is 13.7. The molecule has 2 saturated heterocycles. The summed E-state index contributed by atoms with van der Waals surface area (Å²) in [6.07, 6.45) is 7.14. The van der Waals surface area contributed by atoms with Crippen LogP contribution in [0.3, 0.4) is 0 Å². The SMILES string of the molecule is COC(=O)C1CCN(C(=O)C2(Cc3ccc(-c4cccnc4)cc3)CCOCC2)CC1. The average Bonchev–Trinajstić information content (AvgIpc) is 2.85. The van der Waals surface area contributed by atoms with E-state index in [0.717, 1.165) is 29.5 Å². The highest BCUT2D eigenvalue weighted by molar-refractivity contribution is 5.84. The highest BCUT2D eigenvalue weighted by Gasteiger charge is 2.43. The number of rotatable bonds is 5. The number of pyridine rings is 1. The lowest BCUT2D eigenvalue weighted by atomic mass is 9.73. The van der Waals surface area contributed by atoms with Crippen LogP contribution in [0.25, 0.3) is 11.1 Å².